The summed E-state index contributed by atoms with van der Waals surface area (Å²) in [6.07, 6.45) is 6.43. The highest BCUT2D eigenvalue weighted by Gasteiger charge is 2.53. The summed E-state index contributed by atoms with van der Waals surface area (Å²) in [5, 5.41) is 53.3. The Hall–Kier alpha value is -7.77. The van der Waals surface area contributed by atoms with Crippen molar-refractivity contribution in [2.24, 2.45) is 34.3 Å². The molecule has 23 nitrogen and oxygen atoms in total. The number of carboxylic acids is 1. The molecule has 24 heteroatoms. The number of allylic oxidation sites excluding steroid dienone is 4. The van der Waals surface area contributed by atoms with Crippen LogP contribution in [0.4, 0.5) is 10.1 Å². The van der Waals surface area contributed by atoms with Crippen molar-refractivity contribution in [1.29, 1.82) is 0 Å². The minimum absolute atomic E-state index is 0.00822. The number of carboxylic acid groups (broad SMARTS) is 1. The summed E-state index contributed by atoms with van der Waals surface area (Å²) >= 11 is 0. The summed E-state index contributed by atoms with van der Waals surface area (Å²) in [5.74, 6) is -11.8. The molecule has 81 heavy (non-hydrogen) atoms. The standard InChI is InChI=1S/C57H66FN7O16/c1-24-11-9-12-25(2)55(74)62-42-32(20-61-65-17-10-13-29-21-63(23-35(29)65)44-34(58)19-31-43(53(44)78-8)64(30-14-15-30)22-33(47(31)69)56(75)76)48(70)37-38(49(42)71)46(68)27(4)51-39(37)54(73)57(6,81-51)79-18-16-36(77-7)26(3)52(80-28(5)66)41(60)50(72)40(59)45(24)67/h9,11-12,16,18-20,22,24,26,29-30,35-36,40-41,45,50,52,67-68,72H,10,13-15,17,21,23,59-60H2,1-8H3,(H,62,74)(H,75,76)/b11-9+,18-16+,25-12-,61-20+/t24-,26+,29?,35?,36-,40+,41+,45-,50+,52+,57-/m0/s1. The number of rotatable bonds is 8. The van der Waals surface area contributed by atoms with Crippen molar-refractivity contribution in [2.45, 2.75) is 122 Å². The molecule has 1 saturated carbocycles. The third-order valence-electron chi connectivity index (χ3n) is 16.4. The van der Waals surface area contributed by atoms with E-state index in [1.165, 1.54) is 65.5 Å². The Kier molecular flexibility index (Phi) is 15.9. The first-order valence-corrected chi connectivity index (χ1v) is 26.6. The summed E-state index contributed by atoms with van der Waals surface area (Å²) in [5.41, 5.74) is 9.17. The van der Waals surface area contributed by atoms with Gasteiger partial charge in [0.15, 0.2) is 17.3 Å². The minimum atomic E-state index is -2.24. The van der Waals surface area contributed by atoms with E-state index in [1.807, 2.05) is 0 Å². The second-order valence-electron chi connectivity index (χ2n) is 21.7. The second kappa shape index (κ2) is 22.3. The lowest BCUT2D eigenvalue weighted by molar-refractivity contribution is -0.155. The monoisotopic (exact) mass is 1120 g/mol. The van der Waals surface area contributed by atoms with E-state index in [-0.39, 0.29) is 57.7 Å². The lowest BCUT2D eigenvalue weighted by atomic mass is 9.81. The van der Waals surface area contributed by atoms with Gasteiger partial charge in [-0.25, -0.2) is 9.18 Å². The number of phenolic OH excluding ortho intramolecular Hbond substituents is 1. The van der Waals surface area contributed by atoms with Gasteiger partial charge in [-0.15, -0.1) is 0 Å². The fourth-order valence-electron chi connectivity index (χ4n) is 11.7. The van der Waals surface area contributed by atoms with E-state index in [0.717, 1.165) is 25.5 Å². The number of nitrogens with one attached hydrogen (secondary N) is 1. The molecule has 0 radical (unpaired) electrons. The average Bonchev–Trinajstić information content (AvgIpc) is 4.04. The molecule has 0 spiro atoms. The number of piperidine rings is 1. The Morgan fingerprint density at radius 2 is 1.69 bits per heavy atom. The Labute approximate surface area is 464 Å². The van der Waals surface area contributed by atoms with Crippen LogP contribution < -0.4 is 36.6 Å². The lowest BCUT2D eigenvalue weighted by Crippen LogP contribution is -2.60. The highest BCUT2D eigenvalue weighted by atomic mass is 19.1. The SMILES string of the molecule is COc1c(N2CC3CCCN(/N=C/C4=C5NC(=O)/C(C)=C\C=C\[C@H](C)[C@H](O)[C@@H](N)[C@@H](O)[C@@H](N)[C@H](OC(C)=O)[C@H](C)[C@@H](OC)/C=C/O[C@@]6(C)Oc7c(C)c(O)c(c(c7C6=O)C4=O)C5=O)C3C2)c(F)cc2c(=O)c(C(=O)O)cn(C3CC3)c12. The highest BCUT2D eigenvalue weighted by molar-refractivity contribution is 6.38. The number of carbonyl (C=O) groups is 6. The second-order valence-corrected chi connectivity index (χ2v) is 21.7. The number of aromatic carboxylic acids is 1. The van der Waals surface area contributed by atoms with E-state index in [1.54, 1.807) is 28.3 Å². The van der Waals surface area contributed by atoms with Gasteiger partial charge in [-0.1, -0.05) is 32.1 Å². The first-order chi connectivity index (χ1) is 38.3. The molecule has 9 N–H and O–H groups in total. The van der Waals surface area contributed by atoms with E-state index in [9.17, 15) is 49.2 Å². The van der Waals surface area contributed by atoms with Crippen LogP contribution in [0.25, 0.3) is 10.9 Å². The zero-order valence-electron chi connectivity index (χ0n) is 45.9. The normalized spacial score (nSPS) is 30.7. The van der Waals surface area contributed by atoms with Crippen molar-refractivity contribution in [1.82, 2.24) is 14.9 Å². The Morgan fingerprint density at radius 1 is 0.975 bits per heavy atom. The van der Waals surface area contributed by atoms with Crippen molar-refractivity contribution in [3.63, 3.8) is 0 Å². The summed E-state index contributed by atoms with van der Waals surface area (Å²) in [4.78, 5) is 98.9. The molecule has 7 aliphatic rings. The van der Waals surface area contributed by atoms with Crippen LogP contribution >= 0.6 is 0 Å². The number of anilines is 1. The van der Waals surface area contributed by atoms with Crippen LogP contribution in [0.3, 0.4) is 0 Å². The van der Waals surface area contributed by atoms with Gasteiger partial charge in [0.1, 0.15) is 34.6 Å². The molecule has 3 aromatic rings. The third kappa shape index (κ3) is 10.3. The topological polar surface area (TPSA) is 334 Å². The number of hydrazone groups is 1. The molecular weight excluding hydrogens is 1060 g/mol. The molecular formula is C57H66FN7O16. The number of aromatic hydroxyl groups is 1. The van der Waals surface area contributed by atoms with Gasteiger partial charge < -0.3 is 70.4 Å². The van der Waals surface area contributed by atoms with Crippen LogP contribution in [0.1, 0.15) is 113 Å². The van der Waals surface area contributed by atoms with Crippen molar-refractivity contribution < 1.29 is 77.3 Å². The molecule has 2 unspecified atom stereocenters. The largest absolute Gasteiger partial charge is 0.507 e. The van der Waals surface area contributed by atoms with Crippen LogP contribution in [-0.2, 0) is 23.8 Å². The van der Waals surface area contributed by atoms with Gasteiger partial charge in [-0.3, -0.25) is 33.8 Å². The first-order valence-electron chi connectivity index (χ1n) is 26.6. The number of halogens is 1. The molecule has 2 saturated heterocycles. The number of esters is 1. The smallest absolute Gasteiger partial charge is 0.341 e. The number of aromatic nitrogens is 1. The quantitative estimate of drug-likeness (QED) is 0.125. The minimum Gasteiger partial charge on any atom is -0.507 e. The maximum atomic E-state index is 16.6. The number of ketones is 3. The van der Waals surface area contributed by atoms with Gasteiger partial charge in [0.05, 0.1) is 89.2 Å². The number of amides is 1. The predicted molar refractivity (Wildman–Crippen MR) is 290 cm³/mol. The van der Waals surface area contributed by atoms with Crippen LogP contribution in [0.2, 0.25) is 0 Å². The lowest BCUT2D eigenvalue weighted by Gasteiger charge is -2.37. The number of Topliss-reactive ketones (excluding diaryl/α,β-unsaturated/α-hetero) is 3. The number of carbonyl (C=O) groups excluding carboxylic acids is 5. The molecule has 2 aliphatic carbocycles. The number of phenols is 1. The van der Waals surface area contributed by atoms with E-state index in [2.05, 4.69) is 5.32 Å². The van der Waals surface area contributed by atoms with Gasteiger partial charge in [-0.05, 0) is 51.7 Å². The van der Waals surface area contributed by atoms with E-state index >= 15 is 9.18 Å². The highest BCUT2D eigenvalue weighted by Crippen LogP contribution is 2.50. The molecule has 11 atom stereocenters. The number of benzene rings is 2. The number of ether oxygens (including phenoxy) is 5. The van der Waals surface area contributed by atoms with Gasteiger partial charge in [-0.2, -0.15) is 5.10 Å². The van der Waals surface area contributed by atoms with Crippen LogP contribution in [0.5, 0.6) is 17.2 Å². The van der Waals surface area contributed by atoms with Gasteiger partial charge >= 0.3 is 17.7 Å². The van der Waals surface area contributed by atoms with Crippen molar-refractivity contribution in [3.05, 3.63) is 104 Å². The number of hydrogen-bond acceptors (Lipinski definition) is 20. The third-order valence-corrected chi connectivity index (χ3v) is 16.4. The summed E-state index contributed by atoms with van der Waals surface area (Å²) in [6, 6.07) is -2.30. The molecule has 6 heterocycles. The van der Waals surface area contributed by atoms with E-state index in [0.29, 0.717) is 38.8 Å². The zero-order chi connectivity index (χ0) is 58.8. The number of aliphatic hydroxyl groups is 2. The summed E-state index contributed by atoms with van der Waals surface area (Å²) in [7, 11) is 2.68. The van der Waals surface area contributed by atoms with Gasteiger partial charge in [0.2, 0.25) is 11.2 Å². The molecule has 1 aromatic heterocycles. The van der Waals surface area contributed by atoms with Gasteiger partial charge in [0.25, 0.3) is 11.7 Å². The molecule has 5 aliphatic heterocycles. The molecule has 432 valence electrons. The van der Waals surface area contributed by atoms with Crippen molar-refractivity contribution in [3.8, 4) is 17.2 Å². The Morgan fingerprint density at radius 3 is 2.35 bits per heavy atom. The van der Waals surface area contributed by atoms with E-state index < -0.39 is 146 Å². The zero-order valence-corrected chi connectivity index (χ0v) is 45.9. The number of nitrogens with two attached hydrogens (primary N) is 2. The van der Waals surface area contributed by atoms with Crippen molar-refractivity contribution >= 4 is 58.0 Å². The fraction of sp³-hybridized carbons (Fsp3) is 0.474. The maximum Gasteiger partial charge on any atom is 0.341 e. The maximum absolute atomic E-state index is 16.6. The first kappa shape index (κ1) is 57.9. The van der Waals surface area contributed by atoms with Crippen LogP contribution in [0, 0.1) is 30.5 Å². The predicted octanol–water partition coefficient (Wildman–Crippen LogP) is 3.47. The molecule has 2 aromatic carbocycles. The summed E-state index contributed by atoms with van der Waals surface area (Å²) < 4.78 is 47.5. The molecule has 1 amide bonds. The fourth-order valence-corrected chi connectivity index (χ4v) is 11.7. The molecule has 5 bridgehead atoms. The number of pyridine rings is 1. The molecule has 3 fully saturated rings. The van der Waals surface area contributed by atoms with Crippen LogP contribution in [-0.4, -0.2) is 154 Å². The number of fused-ring (bicyclic) bond motifs is 16. The van der Waals surface area contributed by atoms with E-state index in [4.69, 9.17) is 40.3 Å². The Bertz CT molecular complexity index is 3380. The number of nitrogens with zero attached hydrogens (tertiary/aromatic N) is 4. The van der Waals surface area contributed by atoms with Crippen molar-refractivity contribution in [2.75, 3.05) is 38.8 Å². The number of hydrogen-bond donors (Lipinski definition) is 7. The Balaban J connectivity index is 1.11. The summed E-state index contributed by atoms with van der Waals surface area (Å²) in [6.45, 7) is 9.14. The average molecular weight is 1120 g/mol. The number of methoxy groups -OCH3 is 2. The molecule has 10 rings (SSSR count). The van der Waals surface area contributed by atoms with Crippen LogP contribution in [0.15, 0.2) is 69.6 Å². The van der Waals surface area contributed by atoms with Gasteiger partial charge in [0, 0.05) is 81.7 Å². The number of aliphatic hydroxyl groups excluding tert-OH is 2.